The van der Waals surface area contributed by atoms with Gasteiger partial charge in [0.15, 0.2) is 0 Å². The Morgan fingerprint density at radius 3 is 2.90 bits per heavy atom. The molecule has 1 unspecified atom stereocenters. The number of hydrogen-bond acceptors (Lipinski definition) is 2. The molecule has 0 radical (unpaired) electrons. The third kappa shape index (κ3) is 2.78. The first kappa shape index (κ1) is 14.8. The van der Waals surface area contributed by atoms with Crippen molar-refractivity contribution in [3.8, 4) is 0 Å². The molecule has 1 aromatic carbocycles. The van der Waals surface area contributed by atoms with Crippen LogP contribution < -0.4 is 0 Å². The van der Waals surface area contributed by atoms with Crippen LogP contribution in [0.2, 0.25) is 0 Å². The van der Waals surface area contributed by atoms with Gasteiger partial charge in [0.05, 0.1) is 32.9 Å². The number of nitrogens with zero attached hydrogens (tertiary/aromatic N) is 4. The highest BCUT2D eigenvalue weighted by Gasteiger charge is 2.17. The van der Waals surface area contributed by atoms with Crippen LogP contribution in [0, 0.1) is 9.39 Å². The van der Waals surface area contributed by atoms with Crippen LogP contribution in [0.1, 0.15) is 18.8 Å². The van der Waals surface area contributed by atoms with Crippen LogP contribution >= 0.6 is 34.2 Å². The molecule has 0 N–H and O–H groups in total. The molecule has 7 heteroatoms. The van der Waals surface area contributed by atoms with Crippen LogP contribution in [0.3, 0.4) is 0 Å². The summed E-state index contributed by atoms with van der Waals surface area (Å²) in [7, 11) is 0. The zero-order valence-corrected chi connectivity index (χ0v) is 14.2. The van der Waals surface area contributed by atoms with Crippen LogP contribution in [0.4, 0.5) is 4.39 Å². The Hall–Kier alpha value is -1.15. The first-order valence-electron chi connectivity index (χ1n) is 6.47. The monoisotopic (exact) mass is 418 g/mol. The van der Waals surface area contributed by atoms with Crippen molar-refractivity contribution < 1.29 is 4.39 Å². The largest absolute Gasteiger partial charge is 0.335 e. The molecular formula is C14H13ClFIN4. The molecule has 4 nitrogen and oxygen atoms in total. The molecule has 0 saturated carbocycles. The van der Waals surface area contributed by atoms with E-state index in [-0.39, 0.29) is 11.9 Å². The van der Waals surface area contributed by atoms with Crippen molar-refractivity contribution >= 4 is 45.2 Å². The zero-order valence-electron chi connectivity index (χ0n) is 11.3. The standard InChI is InChI=1S/C14H13ClFIN4/c1-9(7-20-3-2-18-8-20)21-13-4-10(16)11(17)5-12(13)19-14(21)6-15/h2-5,8-9H,6-7H2,1H3. The lowest BCUT2D eigenvalue weighted by Gasteiger charge is -2.17. The minimum atomic E-state index is -0.236. The van der Waals surface area contributed by atoms with E-state index in [1.54, 1.807) is 18.6 Å². The molecule has 0 saturated heterocycles. The van der Waals surface area contributed by atoms with Crippen molar-refractivity contribution in [1.29, 1.82) is 0 Å². The van der Waals surface area contributed by atoms with Crippen LogP contribution in [-0.2, 0) is 12.4 Å². The molecule has 0 amide bonds. The van der Waals surface area contributed by atoms with Crippen molar-refractivity contribution in [2.45, 2.75) is 25.4 Å². The summed E-state index contributed by atoms with van der Waals surface area (Å²) in [4.78, 5) is 8.56. The van der Waals surface area contributed by atoms with Gasteiger partial charge < -0.3 is 9.13 Å². The summed E-state index contributed by atoms with van der Waals surface area (Å²) in [6, 6.07) is 3.38. The van der Waals surface area contributed by atoms with E-state index in [9.17, 15) is 4.39 Å². The minimum absolute atomic E-state index is 0.0948. The maximum absolute atomic E-state index is 13.9. The second-order valence-corrected chi connectivity index (χ2v) is 6.32. The molecular weight excluding hydrogens is 406 g/mol. The quantitative estimate of drug-likeness (QED) is 0.475. The Morgan fingerprint density at radius 1 is 1.43 bits per heavy atom. The van der Waals surface area contributed by atoms with Crippen molar-refractivity contribution in [1.82, 2.24) is 19.1 Å². The smallest absolute Gasteiger partial charge is 0.138 e. The number of alkyl halides is 1. The molecule has 1 atom stereocenters. The third-order valence-electron chi connectivity index (χ3n) is 3.40. The highest BCUT2D eigenvalue weighted by molar-refractivity contribution is 14.1. The lowest BCUT2D eigenvalue weighted by Crippen LogP contribution is -2.14. The van der Waals surface area contributed by atoms with E-state index in [4.69, 9.17) is 11.6 Å². The van der Waals surface area contributed by atoms with Crippen molar-refractivity contribution in [3.05, 3.63) is 46.1 Å². The molecule has 2 aromatic heterocycles. The van der Waals surface area contributed by atoms with E-state index in [2.05, 4.69) is 16.9 Å². The van der Waals surface area contributed by atoms with Gasteiger partial charge in [0, 0.05) is 25.0 Å². The minimum Gasteiger partial charge on any atom is -0.335 e. The van der Waals surface area contributed by atoms with Gasteiger partial charge in [-0.05, 0) is 35.6 Å². The van der Waals surface area contributed by atoms with Gasteiger partial charge in [-0.3, -0.25) is 0 Å². The fraction of sp³-hybridized carbons (Fsp3) is 0.286. The Kier molecular flexibility index (Phi) is 4.17. The fourth-order valence-corrected chi connectivity index (χ4v) is 3.15. The predicted octanol–water partition coefficient (Wildman–Crippen LogP) is 3.98. The second kappa shape index (κ2) is 5.92. The maximum Gasteiger partial charge on any atom is 0.138 e. The Bertz CT molecular complexity index is 769. The third-order valence-corrected chi connectivity index (χ3v) is 4.46. The van der Waals surface area contributed by atoms with Crippen molar-refractivity contribution in [2.75, 3.05) is 0 Å². The summed E-state index contributed by atoms with van der Waals surface area (Å²) >= 11 is 7.98. The van der Waals surface area contributed by atoms with E-state index in [1.165, 1.54) is 6.07 Å². The summed E-state index contributed by atoms with van der Waals surface area (Å²) < 4.78 is 18.4. The van der Waals surface area contributed by atoms with Gasteiger partial charge in [-0.2, -0.15) is 0 Å². The summed E-state index contributed by atoms with van der Waals surface area (Å²) in [5, 5.41) is 0. The lowest BCUT2D eigenvalue weighted by molar-refractivity contribution is 0.464. The van der Waals surface area contributed by atoms with Gasteiger partial charge >= 0.3 is 0 Å². The maximum atomic E-state index is 13.9. The van der Waals surface area contributed by atoms with Gasteiger partial charge in [0.25, 0.3) is 0 Å². The van der Waals surface area contributed by atoms with Gasteiger partial charge in [-0.25, -0.2) is 14.4 Å². The molecule has 0 aliphatic rings. The van der Waals surface area contributed by atoms with Crippen molar-refractivity contribution in [3.63, 3.8) is 0 Å². The van der Waals surface area contributed by atoms with Crippen LogP contribution in [0.25, 0.3) is 11.0 Å². The topological polar surface area (TPSA) is 35.6 Å². The molecule has 110 valence electrons. The average Bonchev–Trinajstić information content (AvgIpc) is 3.06. The second-order valence-electron chi connectivity index (χ2n) is 4.90. The van der Waals surface area contributed by atoms with E-state index in [0.29, 0.717) is 9.45 Å². The molecule has 21 heavy (non-hydrogen) atoms. The van der Waals surface area contributed by atoms with Crippen LogP contribution in [-0.4, -0.2) is 19.1 Å². The molecule has 0 bridgehead atoms. The van der Waals surface area contributed by atoms with E-state index >= 15 is 0 Å². The molecule has 3 aromatic rings. The van der Waals surface area contributed by atoms with Crippen molar-refractivity contribution in [2.24, 2.45) is 0 Å². The number of hydrogen-bond donors (Lipinski definition) is 0. The van der Waals surface area contributed by atoms with Crippen LogP contribution in [0.5, 0.6) is 0 Å². The summed E-state index contributed by atoms with van der Waals surface area (Å²) in [6.07, 6.45) is 5.41. The lowest BCUT2D eigenvalue weighted by atomic mass is 10.2. The normalized spacial score (nSPS) is 13.0. The molecule has 3 rings (SSSR count). The molecule has 0 aliphatic carbocycles. The fourth-order valence-electron chi connectivity index (χ4n) is 2.51. The first-order valence-corrected chi connectivity index (χ1v) is 8.09. The highest BCUT2D eigenvalue weighted by Crippen LogP contribution is 2.26. The predicted molar refractivity (Wildman–Crippen MR) is 88.9 cm³/mol. The van der Waals surface area contributed by atoms with Crippen LogP contribution in [0.15, 0.2) is 30.9 Å². The SMILES string of the molecule is CC(Cn1ccnc1)n1c(CCl)nc2cc(I)c(F)cc21. The summed E-state index contributed by atoms with van der Waals surface area (Å²) in [5.74, 6) is 0.808. The molecule has 0 fully saturated rings. The van der Waals surface area contributed by atoms with Gasteiger partial charge in [-0.15, -0.1) is 11.6 Å². The zero-order chi connectivity index (χ0) is 15.0. The highest BCUT2D eigenvalue weighted by atomic mass is 127. The van der Waals surface area contributed by atoms with E-state index in [1.807, 2.05) is 37.9 Å². The summed E-state index contributed by atoms with van der Waals surface area (Å²) in [6.45, 7) is 2.79. The number of rotatable bonds is 4. The Morgan fingerprint density at radius 2 is 2.24 bits per heavy atom. The number of aromatic nitrogens is 4. The Balaban J connectivity index is 2.09. The number of halogens is 3. The van der Waals surface area contributed by atoms with Gasteiger partial charge in [-0.1, -0.05) is 0 Å². The number of benzene rings is 1. The number of fused-ring (bicyclic) bond motifs is 1. The molecule has 0 aliphatic heterocycles. The van der Waals surface area contributed by atoms with E-state index in [0.717, 1.165) is 23.4 Å². The molecule has 2 heterocycles. The van der Waals surface area contributed by atoms with Gasteiger partial charge in [0.2, 0.25) is 0 Å². The van der Waals surface area contributed by atoms with E-state index < -0.39 is 0 Å². The average molecular weight is 419 g/mol. The van der Waals surface area contributed by atoms with Gasteiger partial charge in [0.1, 0.15) is 11.6 Å². The molecule has 0 spiro atoms. The summed E-state index contributed by atoms with van der Waals surface area (Å²) in [5.41, 5.74) is 1.55. The first-order chi connectivity index (χ1) is 10.1. The number of imidazole rings is 2. The Labute approximate surface area is 140 Å².